The summed E-state index contributed by atoms with van der Waals surface area (Å²) in [5.41, 5.74) is 1.26. The third kappa shape index (κ3) is 4.11. The molecule has 1 N–H and O–H groups in total. The molecule has 2 rings (SSSR count). The molecule has 2 aromatic carbocycles. The summed E-state index contributed by atoms with van der Waals surface area (Å²) in [6.07, 6.45) is 0.330. The first kappa shape index (κ1) is 17.0. The number of esters is 1. The van der Waals surface area contributed by atoms with Crippen LogP contribution in [0, 0.1) is 5.92 Å². The van der Waals surface area contributed by atoms with Crippen molar-refractivity contribution < 1.29 is 14.6 Å². The Bertz CT molecular complexity index is 696. The molecule has 0 amide bonds. The number of rotatable bonds is 4. The zero-order valence-corrected chi connectivity index (χ0v) is 15.4. The maximum absolute atomic E-state index is 11.9. The van der Waals surface area contributed by atoms with E-state index >= 15 is 0 Å². The lowest BCUT2D eigenvalue weighted by molar-refractivity contribution is -0.135. The van der Waals surface area contributed by atoms with Gasteiger partial charge in [-0.3, -0.25) is 4.79 Å². The maximum atomic E-state index is 11.9. The van der Waals surface area contributed by atoms with Crippen LogP contribution in [0.15, 0.2) is 45.3 Å². The van der Waals surface area contributed by atoms with Gasteiger partial charge in [0.1, 0.15) is 11.5 Å². The number of halogens is 2. The number of carbonyl (C=O) groups excluding carboxylic acids is 1. The Labute approximate surface area is 146 Å². The van der Waals surface area contributed by atoms with Crippen LogP contribution in [0.4, 0.5) is 0 Å². The minimum Gasteiger partial charge on any atom is -0.507 e. The predicted octanol–water partition coefficient (Wildman–Crippen LogP) is 5.54. The molecule has 0 atom stereocenters. The fraction of sp³-hybridized carbons (Fsp3) is 0.235. The summed E-state index contributed by atoms with van der Waals surface area (Å²) in [6, 6.07) is 10.5. The van der Waals surface area contributed by atoms with Crippen molar-refractivity contribution in [1.29, 1.82) is 0 Å². The van der Waals surface area contributed by atoms with Crippen molar-refractivity contribution >= 4 is 37.8 Å². The van der Waals surface area contributed by atoms with E-state index in [0.717, 1.165) is 14.5 Å². The second-order valence-corrected chi connectivity index (χ2v) is 7.12. The number of phenolic OH excluding ortho intramolecular Hbond substituents is 1. The van der Waals surface area contributed by atoms with Crippen LogP contribution < -0.4 is 4.74 Å². The molecule has 2 aromatic rings. The van der Waals surface area contributed by atoms with Crippen LogP contribution in [-0.4, -0.2) is 11.1 Å². The van der Waals surface area contributed by atoms with Crippen LogP contribution >= 0.6 is 31.9 Å². The van der Waals surface area contributed by atoms with Gasteiger partial charge in [-0.1, -0.05) is 57.8 Å². The lowest BCUT2D eigenvalue weighted by Crippen LogP contribution is -2.11. The summed E-state index contributed by atoms with van der Waals surface area (Å²) in [5, 5.41) is 10.2. The summed E-state index contributed by atoms with van der Waals surface area (Å²) in [5.74, 6) is 0.328. The molecule has 0 aliphatic heterocycles. The molecule has 0 aromatic heterocycles. The first-order valence-electron chi connectivity index (χ1n) is 6.86. The first-order chi connectivity index (χ1) is 10.4. The van der Waals surface area contributed by atoms with Crippen LogP contribution in [0.25, 0.3) is 11.1 Å². The van der Waals surface area contributed by atoms with E-state index in [2.05, 4.69) is 31.9 Å². The third-order valence-corrected chi connectivity index (χ3v) is 4.15. The molecule has 0 aliphatic carbocycles. The van der Waals surface area contributed by atoms with Gasteiger partial charge in [0.15, 0.2) is 0 Å². The first-order valence-corrected chi connectivity index (χ1v) is 8.45. The molecule has 116 valence electrons. The molecule has 0 saturated heterocycles. The number of phenols is 1. The molecule has 5 heteroatoms. The Morgan fingerprint density at radius 1 is 1.23 bits per heavy atom. The van der Waals surface area contributed by atoms with Crippen molar-refractivity contribution in [2.45, 2.75) is 20.3 Å². The second-order valence-electron chi connectivity index (χ2n) is 5.35. The zero-order chi connectivity index (χ0) is 16.3. The van der Waals surface area contributed by atoms with E-state index in [1.807, 2.05) is 32.0 Å². The van der Waals surface area contributed by atoms with Crippen molar-refractivity contribution in [3.63, 3.8) is 0 Å². The molecular weight excluding hydrogens is 412 g/mol. The van der Waals surface area contributed by atoms with E-state index < -0.39 is 0 Å². The van der Waals surface area contributed by atoms with E-state index in [4.69, 9.17) is 4.74 Å². The van der Waals surface area contributed by atoms with Gasteiger partial charge in [0, 0.05) is 20.9 Å². The average molecular weight is 428 g/mol. The number of ether oxygens (including phenoxy) is 1. The van der Waals surface area contributed by atoms with E-state index in [-0.39, 0.29) is 17.6 Å². The topological polar surface area (TPSA) is 46.5 Å². The molecule has 0 unspecified atom stereocenters. The van der Waals surface area contributed by atoms with Gasteiger partial charge in [0.25, 0.3) is 0 Å². The normalized spacial score (nSPS) is 10.8. The number of aromatic hydroxyl groups is 1. The van der Waals surface area contributed by atoms with Gasteiger partial charge in [-0.2, -0.15) is 0 Å². The minimum absolute atomic E-state index is 0.0675. The highest BCUT2D eigenvalue weighted by molar-refractivity contribution is 9.11. The van der Waals surface area contributed by atoms with E-state index in [1.54, 1.807) is 18.2 Å². The third-order valence-electron chi connectivity index (χ3n) is 3.00. The minimum atomic E-state index is -0.310. The molecule has 3 nitrogen and oxygen atoms in total. The highest BCUT2D eigenvalue weighted by Gasteiger charge is 2.17. The predicted molar refractivity (Wildman–Crippen MR) is 94.0 cm³/mol. The number of benzene rings is 2. The van der Waals surface area contributed by atoms with E-state index in [1.165, 1.54) is 0 Å². The van der Waals surface area contributed by atoms with Gasteiger partial charge < -0.3 is 9.84 Å². The van der Waals surface area contributed by atoms with Gasteiger partial charge in [0.05, 0.1) is 5.56 Å². The Balaban J connectivity index is 2.45. The molecule has 0 heterocycles. The monoisotopic (exact) mass is 426 g/mol. The number of hydrogen-bond donors (Lipinski definition) is 1. The van der Waals surface area contributed by atoms with Crippen molar-refractivity contribution in [1.82, 2.24) is 0 Å². The van der Waals surface area contributed by atoms with Crippen molar-refractivity contribution in [2.75, 3.05) is 0 Å². The maximum Gasteiger partial charge on any atom is 0.311 e. The molecule has 0 saturated carbocycles. The molecule has 0 radical (unpaired) electrons. The van der Waals surface area contributed by atoms with Gasteiger partial charge in [-0.05, 0) is 30.2 Å². The lowest BCUT2D eigenvalue weighted by atomic mass is 10.0. The SMILES string of the molecule is CC(C)CC(=O)Oc1cccc(O)c1-c1ccc(Br)cc1Br. The Hall–Kier alpha value is -1.33. The van der Waals surface area contributed by atoms with Gasteiger partial charge in [-0.15, -0.1) is 0 Å². The van der Waals surface area contributed by atoms with Crippen LogP contribution in [0.3, 0.4) is 0 Å². The average Bonchev–Trinajstić information content (AvgIpc) is 2.39. The fourth-order valence-corrected chi connectivity index (χ4v) is 3.31. The summed E-state index contributed by atoms with van der Waals surface area (Å²) in [7, 11) is 0. The molecule has 22 heavy (non-hydrogen) atoms. The Morgan fingerprint density at radius 2 is 1.95 bits per heavy atom. The number of hydrogen-bond acceptors (Lipinski definition) is 3. The summed E-state index contributed by atoms with van der Waals surface area (Å²) >= 11 is 6.87. The van der Waals surface area contributed by atoms with Gasteiger partial charge in [-0.25, -0.2) is 0 Å². The van der Waals surface area contributed by atoms with Crippen molar-refractivity contribution in [3.05, 3.63) is 45.3 Å². The lowest BCUT2D eigenvalue weighted by Gasteiger charge is -2.14. The second kappa shape index (κ2) is 7.29. The largest absolute Gasteiger partial charge is 0.507 e. The summed E-state index contributed by atoms with van der Waals surface area (Å²) < 4.78 is 7.15. The molecule has 0 bridgehead atoms. The number of carbonyl (C=O) groups is 1. The standard InChI is InChI=1S/C17H16Br2O3/c1-10(2)8-16(21)22-15-5-3-4-14(20)17(15)12-7-6-11(18)9-13(12)19/h3-7,9-10,20H,8H2,1-2H3. The molecule has 0 fully saturated rings. The van der Waals surface area contributed by atoms with Crippen LogP contribution in [-0.2, 0) is 4.79 Å². The highest BCUT2D eigenvalue weighted by Crippen LogP contribution is 2.42. The quantitative estimate of drug-likeness (QED) is 0.514. The van der Waals surface area contributed by atoms with Crippen LogP contribution in [0.2, 0.25) is 0 Å². The van der Waals surface area contributed by atoms with Gasteiger partial charge >= 0.3 is 5.97 Å². The molecule has 0 spiro atoms. The van der Waals surface area contributed by atoms with Crippen LogP contribution in [0.1, 0.15) is 20.3 Å². The smallest absolute Gasteiger partial charge is 0.311 e. The van der Waals surface area contributed by atoms with Gasteiger partial charge in [0.2, 0.25) is 0 Å². The fourth-order valence-electron chi connectivity index (χ4n) is 2.07. The van der Waals surface area contributed by atoms with Crippen molar-refractivity contribution in [2.24, 2.45) is 5.92 Å². The molecular formula is C17H16Br2O3. The summed E-state index contributed by atoms with van der Waals surface area (Å²) in [6.45, 7) is 3.91. The van der Waals surface area contributed by atoms with Crippen LogP contribution in [0.5, 0.6) is 11.5 Å². The van der Waals surface area contributed by atoms with E-state index in [0.29, 0.717) is 17.7 Å². The zero-order valence-electron chi connectivity index (χ0n) is 12.3. The Kier molecular flexibility index (Phi) is 5.64. The summed E-state index contributed by atoms with van der Waals surface area (Å²) in [4.78, 5) is 11.9. The highest BCUT2D eigenvalue weighted by atomic mass is 79.9. The Morgan fingerprint density at radius 3 is 2.59 bits per heavy atom. The van der Waals surface area contributed by atoms with E-state index in [9.17, 15) is 9.90 Å². The van der Waals surface area contributed by atoms with Crippen molar-refractivity contribution in [3.8, 4) is 22.6 Å². The molecule has 0 aliphatic rings.